The summed E-state index contributed by atoms with van der Waals surface area (Å²) < 4.78 is 13.7. The van der Waals surface area contributed by atoms with Crippen molar-refractivity contribution in [2.45, 2.75) is 13.2 Å². The van der Waals surface area contributed by atoms with Crippen molar-refractivity contribution < 1.29 is 14.3 Å². The lowest BCUT2D eigenvalue weighted by Crippen LogP contribution is -2.16. The zero-order valence-corrected chi connectivity index (χ0v) is 15.6. The Bertz CT molecular complexity index is 816. The number of rotatable bonds is 7. The van der Waals surface area contributed by atoms with Crippen LogP contribution in [0.15, 0.2) is 67.0 Å². The quantitative estimate of drug-likeness (QED) is 0.409. The molecule has 0 atom stereocenters. The summed E-state index contributed by atoms with van der Waals surface area (Å²) in [6, 6.07) is 17.5. The number of hydrogen-bond acceptors (Lipinski definition) is 4. The maximum atomic E-state index is 11.9. The predicted molar refractivity (Wildman–Crippen MR) is 102 cm³/mol. The predicted octanol–water partition coefficient (Wildman–Crippen LogP) is 3.66. The highest BCUT2D eigenvalue weighted by Crippen LogP contribution is 2.13. The maximum Gasteiger partial charge on any atom is 0.344 e. The number of nitrogens with zero attached hydrogens (tertiary/aromatic N) is 2. The van der Waals surface area contributed by atoms with Crippen LogP contribution in [0.3, 0.4) is 0 Å². The van der Waals surface area contributed by atoms with Crippen LogP contribution in [0.1, 0.15) is 11.4 Å². The van der Waals surface area contributed by atoms with Crippen LogP contribution >= 0.6 is 22.6 Å². The lowest BCUT2D eigenvalue weighted by molar-refractivity contribution is -0.147. The monoisotopic (exact) mass is 448 g/mol. The number of hydrogen-bond donors (Lipinski definition) is 0. The highest BCUT2D eigenvalue weighted by atomic mass is 127. The summed E-state index contributed by atoms with van der Waals surface area (Å²) in [5, 5.41) is 0. The van der Waals surface area contributed by atoms with E-state index in [1.807, 2.05) is 65.4 Å². The molecular formula is C19H17IN2O3. The minimum Gasteiger partial charge on any atom is -0.482 e. The molecule has 6 heteroatoms. The zero-order valence-electron chi connectivity index (χ0n) is 13.5. The number of esters is 1. The van der Waals surface area contributed by atoms with Gasteiger partial charge in [-0.1, -0.05) is 30.3 Å². The SMILES string of the molecule is O=C(COc1ccc(I)cc1)OCc1nccn1Cc1ccccc1. The summed E-state index contributed by atoms with van der Waals surface area (Å²) in [6.07, 6.45) is 3.58. The van der Waals surface area contributed by atoms with Gasteiger partial charge in [-0.3, -0.25) is 0 Å². The molecule has 0 amide bonds. The van der Waals surface area contributed by atoms with E-state index in [0.29, 0.717) is 18.1 Å². The second-order valence-corrected chi connectivity index (χ2v) is 6.61. The molecular weight excluding hydrogens is 431 g/mol. The van der Waals surface area contributed by atoms with E-state index >= 15 is 0 Å². The van der Waals surface area contributed by atoms with Crippen molar-refractivity contribution in [2.75, 3.05) is 6.61 Å². The van der Waals surface area contributed by atoms with Gasteiger partial charge in [-0.15, -0.1) is 0 Å². The molecule has 1 aromatic heterocycles. The molecule has 0 aliphatic carbocycles. The first-order valence-electron chi connectivity index (χ1n) is 7.78. The summed E-state index contributed by atoms with van der Waals surface area (Å²) >= 11 is 2.21. The average molecular weight is 448 g/mol. The van der Waals surface area contributed by atoms with Gasteiger partial charge in [0.25, 0.3) is 0 Å². The van der Waals surface area contributed by atoms with Gasteiger partial charge in [0, 0.05) is 22.5 Å². The van der Waals surface area contributed by atoms with Crippen molar-refractivity contribution in [3.63, 3.8) is 0 Å². The minimum atomic E-state index is -0.423. The third-order valence-electron chi connectivity index (χ3n) is 3.53. The molecule has 0 N–H and O–H groups in total. The normalized spacial score (nSPS) is 10.4. The number of ether oxygens (including phenoxy) is 2. The summed E-state index contributed by atoms with van der Waals surface area (Å²) in [6.45, 7) is 0.682. The first kappa shape index (κ1) is 17.5. The van der Waals surface area contributed by atoms with Gasteiger partial charge in [-0.2, -0.15) is 0 Å². The number of carbonyl (C=O) groups excluding carboxylic acids is 1. The molecule has 0 bridgehead atoms. The largest absolute Gasteiger partial charge is 0.482 e. The third-order valence-corrected chi connectivity index (χ3v) is 4.25. The Morgan fingerprint density at radius 2 is 1.84 bits per heavy atom. The molecule has 3 rings (SSSR count). The van der Waals surface area contributed by atoms with E-state index in [4.69, 9.17) is 9.47 Å². The van der Waals surface area contributed by atoms with Crippen LogP contribution < -0.4 is 4.74 Å². The molecule has 2 aromatic carbocycles. The molecule has 0 aliphatic heterocycles. The Labute approximate surface area is 159 Å². The fourth-order valence-electron chi connectivity index (χ4n) is 2.26. The minimum absolute atomic E-state index is 0.120. The molecule has 0 unspecified atom stereocenters. The molecule has 0 fully saturated rings. The molecule has 0 aliphatic rings. The van der Waals surface area contributed by atoms with E-state index in [0.717, 1.165) is 9.13 Å². The molecule has 5 nitrogen and oxygen atoms in total. The van der Waals surface area contributed by atoms with Gasteiger partial charge in [-0.05, 0) is 52.4 Å². The molecule has 128 valence electrons. The molecule has 0 spiro atoms. The van der Waals surface area contributed by atoms with Crippen LogP contribution in [-0.4, -0.2) is 22.1 Å². The number of halogens is 1. The van der Waals surface area contributed by atoms with E-state index in [-0.39, 0.29) is 13.2 Å². The Morgan fingerprint density at radius 3 is 2.60 bits per heavy atom. The molecule has 1 heterocycles. The van der Waals surface area contributed by atoms with Crippen LogP contribution in [0.2, 0.25) is 0 Å². The second-order valence-electron chi connectivity index (χ2n) is 5.36. The highest BCUT2D eigenvalue weighted by molar-refractivity contribution is 14.1. The summed E-state index contributed by atoms with van der Waals surface area (Å²) in [4.78, 5) is 16.1. The molecule has 3 aromatic rings. The van der Waals surface area contributed by atoms with Gasteiger partial charge in [0.1, 0.15) is 18.2 Å². The topological polar surface area (TPSA) is 53.4 Å². The van der Waals surface area contributed by atoms with Gasteiger partial charge in [0.2, 0.25) is 0 Å². The van der Waals surface area contributed by atoms with Crippen LogP contribution in [0.25, 0.3) is 0 Å². The maximum absolute atomic E-state index is 11.9. The molecule has 0 radical (unpaired) electrons. The Kier molecular flexibility index (Phi) is 6.05. The number of aromatic nitrogens is 2. The molecule has 25 heavy (non-hydrogen) atoms. The first-order chi connectivity index (χ1) is 12.2. The Balaban J connectivity index is 1.49. The van der Waals surface area contributed by atoms with Crippen molar-refractivity contribution in [1.29, 1.82) is 0 Å². The smallest absolute Gasteiger partial charge is 0.344 e. The lowest BCUT2D eigenvalue weighted by Gasteiger charge is -2.09. The van der Waals surface area contributed by atoms with Crippen molar-refractivity contribution in [3.8, 4) is 5.75 Å². The van der Waals surface area contributed by atoms with Crippen molar-refractivity contribution >= 4 is 28.6 Å². The highest BCUT2D eigenvalue weighted by Gasteiger charge is 2.09. The Hall–Kier alpha value is -2.35. The van der Waals surface area contributed by atoms with Crippen LogP contribution in [0.4, 0.5) is 0 Å². The number of imidazole rings is 1. The fraction of sp³-hybridized carbons (Fsp3) is 0.158. The standard InChI is InChI=1S/C19H17IN2O3/c20-16-6-8-17(9-7-16)24-14-19(23)25-13-18-21-10-11-22(18)12-15-4-2-1-3-5-15/h1-11H,12-14H2. The van der Waals surface area contributed by atoms with E-state index in [2.05, 4.69) is 27.6 Å². The lowest BCUT2D eigenvalue weighted by atomic mass is 10.2. The number of carbonyl (C=O) groups is 1. The van der Waals surface area contributed by atoms with Crippen LogP contribution in [0.5, 0.6) is 5.75 Å². The average Bonchev–Trinajstić information content (AvgIpc) is 3.07. The summed E-state index contributed by atoms with van der Waals surface area (Å²) in [7, 11) is 0. The summed E-state index contributed by atoms with van der Waals surface area (Å²) in [5.41, 5.74) is 1.16. The third kappa shape index (κ3) is 5.32. The van der Waals surface area contributed by atoms with E-state index in [9.17, 15) is 4.79 Å². The van der Waals surface area contributed by atoms with Gasteiger partial charge < -0.3 is 14.0 Å². The summed E-state index contributed by atoms with van der Waals surface area (Å²) in [5.74, 6) is 0.919. The molecule has 0 saturated heterocycles. The number of benzene rings is 2. The zero-order chi connectivity index (χ0) is 17.5. The van der Waals surface area contributed by atoms with Crippen molar-refractivity contribution in [2.24, 2.45) is 0 Å². The first-order valence-corrected chi connectivity index (χ1v) is 8.86. The van der Waals surface area contributed by atoms with E-state index in [1.165, 1.54) is 0 Å². The van der Waals surface area contributed by atoms with Gasteiger partial charge in [0.15, 0.2) is 6.61 Å². The van der Waals surface area contributed by atoms with Crippen LogP contribution in [-0.2, 0) is 22.7 Å². The second kappa shape index (κ2) is 8.66. The van der Waals surface area contributed by atoms with E-state index in [1.54, 1.807) is 6.20 Å². The van der Waals surface area contributed by atoms with Crippen molar-refractivity contribution in [3.05, 3.63) is 81.9 Å². The van der Waals surface area contributed by atoms with Gasteiger partial charge in [-0.25, -0.2) is 9.78 Å². The van der Waals surface area contributed by atoms with Gasteiger partial charge in [0.05, 0.1) is 0 Å². The van der Waals surface area contributed by atoms with Crippen molar-refractivity contribution in [1.82, 2.24) is 9.55 Å². The van der Waals surface area contributed by atoms with E-state index < -0.39 is 5.97 Å². The molecule has 0 saturated carbocycles. The van der Waals surface area contributed by atoms with Gasteiger partial charge >= 0.3 is 5.97 Å². The van der Waals surface area contributed by atoms with Crippen LogP contribution in [0, 0.1) is 3.57 Å². The fourth-order valence-corrected chi connectivity index (χ4v) is 2.62. The Morgan fingerprint density at radius 1 is 1.08 bits per heavy atom.